The number of nitrogens with one attached hydrogen (secondary N) is 2. The molecule has 9 heteroatoms. The summed E-state index contributed by atoms with van der Waals surface area (Å²) in [5.41, 5.74) is 9.87. The lowest BCUT2D eigenvalue weighted by molar-refractivity contribution is 0.0946. The van der Waals surface area contributed by atoms with E-state index in [2.05, 4.69) is 15.6 Å². The highest BCUT2D eigenvalue weighted by molar-refractivity contribution is 7.89. The van der Waals surface area contributed by atoms with Crippen molar-refractivity contribution in [3.8, 4) is 0 Å². The average molecular weight is 454 g/mol. The minimum atomic E-state index is -3.47. The number of fused-ring (bicyclic) bond motifs is 1. The second-order valence-electron chi connectivity index (χ2n) is 8.66. The number of amidine groups is 1. The van der Waals surface area contributed by atoms with Crippen molar-refractivity contribution < 1.29 is 13.2 Å². The molecule has 2 heterocycles. The Balaban J connectivity index is 1.36. The molecule has 0 aromatic heterocycles. The van der Waals surface area contributed by atoms with Gasteiger partial charge in [0.25, 0.3) is 5.91 Å². The summed E-state index contributed by atoms with van der Waals surface area (Å²) >= 11 is 0. The molecule has 168 valence electrons. The van der Waals surface area contributed by atoms with Crippen molar-refractivity contribution in [3.63, 3.8) is 0 Å². The van der Waals surface area contributed by atoms with Crippen LogP contribution in [0.1, 0.15) is 52.0 Å². The SMILES string of the molecule is CN(C1CC1)S(=O)(=O)c1ccc(C2CN=C(N)C(c3ccc4c(c3)CCNC4=O)N2)cc1. The molecule has 2 aromatic rings. The lowest BCUT2D eigenvalue weighted by Gasteiger charge is -2.30. The van der Waals surface area contributed by atoms with Crippen molar-refractivity contribution in [1.82, 2.24) is 14.9 Å². The summed E-state index contributed by atoms with van der Waals surface area (Å²) in [4.78, 5) is 16.9. The molecule has 1 fully saturated rings. The van der Waals surface area contributed by atoms with Gasteiger partial charge in [-0.3, -0.25) is 15.1 Å². The van der Waals surface area contributed by atoms with Crippen molar-refractivity contribution in [2.75, 3.05) is 20.1 Å². The van der Waals surface area contributed by atoms with Crippen LogP contribution in [0.3, 0.4) is 0 Å². The van der Waals surface area contributed by atoms with Crippen LogP contribution in [0, 0.1) is 0 Å². The van der Waals surface area contributed by atoms with Gasteiger partial charge in [0.2, 0.25) is 10.0 Å². The Morgan fingerprint density at radius 1 is 1.09 bits per heavy atom. The van der Waals surface area contributed by atoms with E-state index in [1.165, 1.54) is 4.31 Å². The summed E-state index contributed by atoms with van der Waals surface area (Å²) < 4.78 is 27.0. The third-order valence-electron chi connectivity index (χ3n) is 6.53. The molecule has 32 heavy (non-hydrogen) atoms. The molecular weight excluding hydrogens is 426 g/mol. The Kier molecular flexibility index (Phi) is 5.27. The molecule has 8 nitrogen and oxygen atoms in total. The summed E-state index contributed by atoms with van der Waals surface area (Å²) in [7, 11) is -1.82. The first-order valence-corrected chi connectivity index (χ1v) is 12.3. The van der Waals surface area contributed by atoms with Gasteiger partial charge in [0.05, 0.1) is 23.5 Å². The predicted octanol–water partition coefficient (Wildman–Crippen LogP) is 1.50. The van der Waals surface area contributed by atoms with E-state index in [0.717, 1.165) is 36.0 Å². The number of hydrogen-bond donors (Lipinski definition) is 3. The van der Waals surface area contributed by atoms with Gasteiger partial charge in [-0.2, -0.15) is 4.31 Å². The normalized spacial score (nSPS) is 23.4. The Morgan fingerprint density at radius 3 is 2.53 bits per heavy atom. The highest BCUT2D eigenvalue weighted by Crippen LogP contribution is 2.31. The van der Waals surface area contributed by atoms with E-state index in [0.29, 0.717) is 29.4 Å². The minimum Gasteiger partial charge on any atom is -0.386 e. The number of aliphatic imine (C=N–C) groups is 1. The first kappa shape index (κ1) is 21.1. The van der Waals surface area contributed by atoms with Gasteiger partial charge >= 0.3 is 0 Å². The number of benzene rings is 2. The maximum absolute atomic E-state index is 12.8. The second-order valence-corrected chi connectivity index (χ2v) is 10.7. The van der Waals surface area contributed by atoms with E-state index in [1.807, 2.05) is 30.3 Å². The molecule has 1 amide bonds. The standard InChI is InChI=1S/C23H27N5O3S/c1-28(17-5-6-17)32(30,31)18-7-2-14(3-8-18)20-13-26-22(24)21(27-20)16-4-9-19-15(12-16)10-11-25-23(19)29/h2-4,7-9,12,17,20-21,27H,5-6,10-11,13H2,1H3,(H2,24,26)(H,25,29). The fraction of sp³-hybridized carbons (Fsp3) is 0.391. The van der Waals surface area contributed by atoms with Crippen LogP contribution in [0.4, 0.5) is 0 Å². The molecule has 1 aliphatic carbocycles. The molecule has 0 bridgehead atoms. The van der Waals surface area contributed by atoms with Crippen LogP contribution < -0.4 is 16.4 Å². The van der Waals surface area contributed by atoms with Gasteiger partial charge in [-0.15, -0.1) is 0 Å². The molecule has 0 saturated heterocycles. The number of hydrogen-bond acceptors (Lipinski definition) is 6. The molecule has 2 aliphatic heterocycles. The second kappa shape index (κ2) is 7.99. The van der Waals surface area contributed by atoms with Gasteiger partial charge in [-0.1, -0.05) is 24.3 Å². The van der Waals surface area contributed by atoms with E-state index in [4.69, 9.17) is 5.73 Å². The number of sulfonamides is 1. The molecule has 0 spiro atoms. The smallest absolute Gasteiger partial charge is 0.251 e. The zero-order valence-electron chi connectivity index (χ0n) is 17.9. The molecule has 0 radical (unpaired) electrons. The van der Waals surface area contributed by atoms with Gasteiger partial charge in [0.15, 0.2) is 0 Å². The Bertz CT molecular complexity index is 1190. The van der Waals surface area contributed by atoms with Gasteiger partial charge in [0, 0.05) is 25.2 Å². The Morgan fingerprint density at radius 2 is 1.81 bits per heavy atom. The van der Waals surface area contributed by atoms with Gasteiger partial charge in [-0.25, -0.2) is 8.42 Å². The zero-order chi connectivity index (χ0) is 22.5. The highest BCUT2D eigenvalue weighted by Gasteiger charge is 2.35. The number of rotatable bonds is 5. The van der Waals surface area contributed by atoms with Crippen LogP contribution in [-0.4, -0.2) is 50.6 Å². The molecule has 3 aliphatic rings. The van der Waals surface area contributed by atoms with Crippen molar-refractivity contribution in [2.45, 2.75) is 42.3 Å². The lowest BCUT2D eigenvalue weighted by Crippen LogP contribution is -2.42. The van der Waals surface area contributed by atoms with Crippen molar-refractivity contribution >= 4 is 21.8 Å². The Hall–Kier alpha value is -2.75. The third kappa shape index (κ3) is 3.80. The molecule has 2 atom stereocenters. The highest BCUT2D eigenvalue weighted by atomic mass is 32.2. The topological polar surface area (TPSA) is 117 Å². The predicted molar refractivity (Wildman–Crippen MR) is 122 cm³/mol. The van der Waals surface area contributed by atoms with Crippen molar-refractivity contribution in [1.29, 1.82) is 0 Å². The zero-order valence-corrected chi connectivity index (χ0v) is 18.7. The summed E-state index contributed by atoms with van der Waals surface area (Å²) in [6, 6.07) is 12.6. The van der Waals surface area contributed by atoms with E-state index >= 15 is 0 Å². The van der Waals surface area contributed by atoms with Crippen LogP contribution in [0.25, 0.3) is 0 Å². The maximum Gasteiger partial charge on any atom is 0.251 e. The average Bonchev–Trinajstić information content (AvgIpc) is 3.64. The number of nitrogens with zero attached hydrogens (tertiary/aromatic N) is 2. The number of nitrogens with two attached hydrogens (primary N) is 1. The van der Waals surface area contributed by atoms with E-state index in [1.54, 1.807) is 19.2 Å². The van der Waals surface area contributed by atoms with Gasteiger partial charge in [0.1, 0.15) is 5.84 Å². The van der Waals surface area contributed by atoms with Crippen LogP contribution in [0.5, 0.6) is 0 Å². The Labute approximate surface area is 188 Å². The van der Waals surface area contributed by atoms with E-state index in [9.17, 15) is 13.2 Å². The minimum absolute atomic E-state index is 0.0451. The summed E-state index contributed by atoms with van der Waals surface area (Å²) in [6.07, 6.45) is 2.63. The van der Waals surface area contributed by atoms with Crippen molar-refractivity contribution in [2.24, 2.45) is 10.7 Å². The number of carbonyl (C=O) groups is 1. The first-order chi connectivity index (χ1) is 15.3. The molecule has 5 rings (SSSR count). The van der Waals surface area contributed by atoms with E-state index in [-0.39, 0.29) is 24.0 Å². The largest absolute Gasteiger partial charge is 0.386 e. The third-order valence-corrected chi connectivity index (χ3v) is 8.45. The fourth-order valence-corrected chi connectivity index (χ4v) is 5.81. The monoisotopic (exact) mass is 453 g/mol. The van der Waals surface area contributed by atoms with Crippen molar-refractivity contribution in [3.05, 3.63) is 64.7 Å². The summed E-state index contributed by atoms with van der Waals surface area (Å²) in [5, 5.41) is 6.40. The van der Waals surface area contributed by atoms with Gasteiger partial charge < -0.3 is 11.1 Å². The molecule has 2 aromatic carbocycles. The van der Waals surface area contributed by atoms with Crippen LogP contribution in [0.15, 0.2) is 52.4 Å². The molecular formula is C23H27N5O3S. The quantitative estimate of drug-likeness (QED) is 0.634. The first-order valence-electron chi connectivity index (χ1n) is 10.9. The van der Waals surface area contributed by atoms with Crippen LogP contribution in [-0.2, 0) is 16.4 Å². The lowest BCUT2D eigenvalue weighted by atomic mass is 9.93. The number of amides is 1. The molecule has 4 N–H and O–H groups in total. The fourth-order valence-electron chi connectivity index (χ4n) is 4.40. The van der Waals surface area contributed by atoms with Crippen LogP contribution >= 0.6 is 0 Å². The summed E-state index contributed by atoms with van der Waals surface area (Å²) in [6.45, 7) is 1.11. The van der Waals surface area contributed by atoms with E-state index < -0.39 is 10.0 Å². The number of carbonyl (C=O) groups excluding carboxylic acids is 1. The molecule has 1 saturated carbocycles. The molecule has 2 unspecified atom stereocenters. The summed E-state index contributed by atoms with van der Waals surface area (Å²) in [5.74, 6) is 0.461. The van der Waals surface area contributed by atoms with Gasteiger partial charge in [-0.05, 0) is 54.2 Å². The maximum atomic E-state index is 12.8. The van der Waals surface area contributed by atoms with Crippen LogP contribution in [0.2, 0.25) is 0 Å².